The molecular formula is C6H14N2Si. The molecule has 0 aliphatic heterocycles. The van der Waals surface area contributed by atoms with Crippen LogP contribution in [0.3, 0.4) is 0 Å². The van der Waals surface area contributed by atoms with Crippen molar-refractivity contribution < 1.29 is 0 Å². The third-order valence-corrected chi connectivity index (χ3v) is 2.66. The van der Waals surface area contributed by atoms with Gasteiger partial charge in [-0.25, -0.2) is 0 Å². The Balaban J connectivity index is 3.63. The summed E-state index contributed by atoms with van der Waals surface area (Å²) in [7, 11) is -1.09. The fourth-order valence-corrected chi connectivity index (χ4v) is 2.12. The molecule has 0 aliphatic rings. The van der Waals surface area contributed by atoms with Gasteiger partial charge in [0.15, 0.2) is 0 Å². The summed E-state index contributed by atoms with van der Waals surface area (Å²) in [6, 6.07) is 2.70. The van der Waals surface area contributed by atoms with Crippen molar-refractivity contribution in [2.45, 2.75) is 31.7 Å². The summed E-state index contributed by atoms with van der Waals surface area (Å²) >= 11 is 0. The van der Waals surface area contributed by atoms with Crippen molar-refractivity contribution in [1.29, 1.82) is 5.26 Å². The third-order valence-electron chi connectivity index (χ3n) is 0.998. The lowest BCUT2D eigenvalue weighted by atomic mass is 10.4. The summed E-state index contributed by atoms with van der Waals surface area (Å²) in [5, 5.41) is 8.35. The summed E-state index contributed by atoms with van der Waals surface area (Å²) in [5.74, 6) is 0. The van der Waals surface area contributed by atoms with Crippen LogP contribution in [0.1, 0.15) is 0 Å². The first-order valence-electron chi connectivity index (χ1n) is 3.11. The Labute approximate surface area is 57.7 Å². The average Bonchev–Trinajstić information content (AvgIpc) is 1.62. The molecule has 0 heterocycles. The first kappa shape index (κ1) is 8.67. The van der Waals surface area contributed by atoms with Crippen molar-refractivity contribution in [2.75, 3.05) is 0 Å². The molecule has 1 unspecified atom stereocenters. The highest BCUT2D eigenvalue weighted by Gasteiger charge is 2.16. The van der Waals surface area contributed by atoms with Crippen LogP contribution in [0.5, 0.6) is 0 Å². The molecule has 0 radical (unpaired) electrons. The van der Waals surface area contributed by atoms with E-state index in [0.717, 1.165) is 6.04 Å². The molecular weight excluding hydrogens is 128 g/mol. The van der Waals surface area contributed by atoms with Crippen LogP contribution in [-0.2, 0) is 0 Å². The van der Waals surface area contributed by atoms with E-state index in [4.69, 9.17) is 11.0 Å². The van der Waals surface area contributed by atoms with Gasteiger partial charge in [0, 0.05) is 8.07 Å². The van der Waals surface area contributed by atoms with E-state index in [1.165, 1.54) is 0 Å². The molecule has 0 saturated heterocycles. The SMILES string of the molecule is C[Si](C)(C)CC(N)C#N. The van der Waals surface area contributed by atoms with Gasteiger partial charge in [-0.05, 0) is 6.04 Å². The fraction of sp³-hybridized carbons (Fsp3) is 0.833. The normalized spacial score (nSPS) is 14.6. The second-order valence-corrected chi connectivity index (χ2v) is 9.03. The average molecular weight is 142 g/mol. The van der Waals surface area contributed by atoms with Gasteiger partial charge in [0.25, 0.3) is 0 Å². The summed E-state index contributed by atoms with van der Waals surface area (Å²) in [6.45, 7) is 6.64. The minimum Gasteiger partial charge on any atom is -0.316 e. The van der Waals surface area contributed by atoms with Crippen molar-refractivity contribution in [3.8, 4) is 6.07 Å². The predicted octanol–water partition coefficient (Wildman–Crippen LogP) is 1.18. The molecule has 0 bridgehead atoms. The number of rotatable bonds is 2. The van der Waals surface area contributed by atoms with Crippen LogP contribution >= 0.6 is 0 Å². The van der Waals surface area contributed by atoms with Crippen LogP contribution in [0.4, 0.5) is 0 Å². The highest BCUT2D eigenvalue weighted by molar-refractivity contribution is 6.76. The third kappa shape index (κ3) is 5.54. The van der Waals surface area contributed by atoms with Crippen LogP contribution in [-0.4, -0.2) is 14.1 Å². The quantitative estimate of drug-likeness (QED) is 0.588. The van der Waals surface area contributed by atoms with E-state index in [0.29, 0.717) is 0 Å². The van der Waals surface area contributed by atoms with Crippen LogP contribution in [0.2, 0.25) is 25.7 Å². The van der Waals surface area contributed by atoms with E-state index in [1.54, 1.807) is 0 Å². The molecule has 3 heteroatoms. The Kier molecular flexibility index (Phi) is 2.88. The van der Waals surface area contributed by atoms with Crippen LogP contribution in [0.25, 0.3) is 0 Å². The van der Waals surface area contributed by atoms with E-state index < -0.39 is 8.07 Å². The lowest BCUT2D eigenvalue weighted by Crippen LogP contribution is -2.30. The van der Waals surface area contributed by atoms with E-state index in [2.05, 4.69) is 19.6 Å². The van der Waals surface area contributed by atoms with Crippen LogP contribution in [0, 0.1) is 11.3 Å². The molecule has 0 saturated carbocycles. The maximum absolute atomic E-state index is 8.35. The van der Waals surface area contributed by atoms with E-state index in [9.17, 15) is 0 Å². The molecule has 1 atom stereocenters. The summed E-state index contributed by atoms with van der Waals surface area (Å²) < 4.78 is 0. The number of nitrogens with zero attached hydrogens (tertiary/aromatic N) is 1. The number of hydrogen-bond donors (Lipinski definition) is 1. The number of nitriles is 1. The zero-order valence-electron chi connectivity index (χ0n) is 6.31. The highest BCUT2D eigenvalue weighted by atomic mass is 28.3. The fourth-order valence-electron chi connectivity index (χ4n) is 0.705. The Bertz CT molecular complexity index is 120. The van der Waals surface area contributed by atoms with Gasteiger partial charge in [-0.2, -0.15) is 5.26 Å². The molecule has 2 nitrogen and oxygen atoms in total. The predicted molar refractivity (Wildman–Crippen MR) is 41.7 cm³/mol. The van der Waals surface area contributed by atoms with E-state index in [-0.39, 0.29) is 6.04 Å². The molecule has 0 fully saturated rings. The summed E-state index contributed by atoms with van der Waals surface area (Å²) in [6.07, 6.45) is 0. The second-order valence-electron chi connectivity index (χ2n) is 3.50. The molecule has 0 aromatic heterocycles. The van der Waals surface area contributed by atoms with Crippen molar-refractivity contribution >= 4 is 8.07 Å². The number of nitrogens with two attached hydrogens (primary N) is 1. The summed E-state index contributed by atoms with van der Waals surface area (Å²) in [5.41, 5.74) is 5.43. The van der Waals surface area contributed by atoms with Gasteiger partial charge in [0.1, 0.15) is 0 Å². The summed E-state index contributed by atoms with van der Waals surface area (Å²) in [4.78, 5) is 0. The maximum Gasteiger partial charge on any atom is 0.0904 e. The molecule has 0 amide bonds. The van der Waals surface area contributed by atoms with Gasteiger partial charge < -0.3 is 5.73 Å². The van der Waals surface area contributed by atoms with Crippen LogP contribution in [0.15, 0.2) is 0 Å². The van der Waals surface area contributed by atoms with Gasteiger partial charge in [-0.3, -0.25) is 0 Å². The maximum atomic E-state index is 8.35. The van der Waals surface area contributed by atoms with Gasteiger partial charge in [0.05, 0.1) is 12.1 Å². The lowest BCUT2D eigenvalue weighted by Gasteiger charge is -2.15. The standard InChI is InChI=1S/C6H14N2Si/c1-9(2,3)5-6(8)4-7/h6H,5,8H2,1-3H3. The first-order chi connectivity index (χ1) is 3.95. The van der Waals surface area contributed by atoms with E-state index in [1.807, 2.05) is 6.07 Å². The molecule has 0 aromatic carbocycles. The van der Waals surface area contributed by atoms with Crippen molar-refractivity contribution in [2.24, 2.45) is 5.73 Å². The smallest absolute Gasteiger partial charge is 0.0904 e. The Morgan fingerprint density at radius 1 is 1.56 bits per heavy atom. The largest absolute Gasteiger partial charge is 0.316 e. The zero-order valence-corrected chi connectivity index (χ0v) is 7.31. The van der Waals surface area contributed by atoms with Crippen molar-refractivity contribution in [3.05, 3.63) is 0 Å². The molecule has 2 N–H and O–H groups in total. The molecule has 0 spiro atoms. The lowest BCUT2D eigenvalue weighted by molar-refractivity contribution is 0.915. The van der Waals surface area contributed by atoms with Crippen molar-refractivity contribution in [3.63, 3.8) is 0 Å². The molecule has 9 heavy (non-hydrogen) atoms. The van der Waals surface area contributed by atoms with Crippen LogP contribution < -0.4 is 5.73 Å². The minimum absolute atomic E-state index is 0.239. The molecule has 0 rings (SSSR count). The monoisotopic (exact) mass is 142 g/mol. The topological polar surface area (TPSA) is 49.8 Å². The Morgan fingerprint density at radius 3 is 2.11 bits per heavy atom. The number of hydrogen-bond acceptors (Lipinski definition) is 2. The van der Waals surface area contributed by atoms with Gasteiger partial charge >= 0.3 is 0 Å². The highest BCUT2D eigenvalue weighted by Crippen LogP contribution is 2.08. The van der Waals surface area contributed by atoms with Crippen molar-refractivity contribution in [1.82, 2.24) is 0 Å². The first-order valence-corrected chi connectivity index (χ1v) is 6.81. The van der Waals surface area contributed by atoms with Gasteiger partial charge in [0.2, 0.25) is 0 Å². The minimum atomic E-state index is -1.09. The molecule has 52 valence electrons. The second kappa shape index (κ2) is 2.99. The van der Waals surface area contributed by atoms with Gasteiger partial charge in [-0.15, -0.1) is 0 Å². The Morgan fingerprint density at radius 2 is 2.00 bits per heavy atom. The molecule has 0 aliphatic carbocycles. The zero-order chi connectivity index (χ0) is 7.49. The Hall–Kier alpha value is -0.333. The van der Waals surface area contributed by atoms with Gasteiger partial charge in [-0.1, -0.05) is 19.6 Å². The molecule has 0 aromatic rings. The van der Waals surface area contributed by atoms with E-state index >= 15 is 0 Å².